The van der Waals surface area contributed by atoms with Crippen molar-refractivity contribution in [1.82, 2.24) is 14.7 Å². The van der Waals surface area contributed by atoms with Crippen molar-refractivity contribution in [3.8, 4) is 5.75 Å². The van der Waals surface area contributed by atoms with Crippen LogP contribution in [0.1, 0.15) is 26.7 Å². The summed E-state index contributed by atoms with van der Waals surface area (Å²) >= 11 is 0. The Morgan fingerprint density at radius 2 is 1.60 bits per heavy atom. The Labute approximate surface area is 150 Å². The van der Waals surface area contributed by atoms with Crippen molar-refractivity contribution in [2.24, 2.45) is 0 Å². The first-order valence-corrected chi connectivity index (χ1v) is 9.15. The standard InChI is InChI=1S/C19H29N3O3/c1-3-20(4-2)19(24)22-14-12-21(13-15-22)18(23)11-8-16-25-17-9-6-5-7-10-17/h5-7,9-10H,3-4,8,11-16H2,1-2H3. The fourth-order valence-corrected chi connectivity index (χ4v) is 2.93. The normalized spacial score (nSPS) is 14.3. The molecule has 138 valence electrons. The molecule has 25 heavy (non-hydrogen) atoms. The van der Waals surface area contributed by atoms with Crippen molar-refractivity contribution in [1.29, 1.82) is 0 Å². The third-order valence-corrected chi connectivity index (χ3v) is 4.48. The molecule has 0 atom stereocenters. The summed E-state index contributed by atoms with van der Waals surface area (Å²) in [7, 11) is 0. The molecule has 0 bridgehead atoms. The molecule has 6 heteroatoms. The fraction of sp³-hybridized carbons (Fsp3) is 0.579. The molecule has 0 radical (unpaired) electrons. The number of nitrogens with zero attached hydrogens (tertiary/aromatic N) is 3. The predicted octanol–water partition coefficient (Wildman–Crippen LogP) is 2.45. The Morgan fingerprint density at radius 1 is 1.00 bits per heavy atom. The van der Waals surface area contributed by atoms with E-state index in [0.717, 1.165) is 18.8 Å². The number of amides is 3. The largest absolute Gasteiger partial charge is 0.494 e. The molecule has 0 N–H and O–H groups in total. The molecular formula is C19H29N3O3. The zero-order valence-electron chi connectivity index (χ0n) is 15.3. The molecule has 1 fully saturated rings. The minimum atomic E-state index is 0.0772. The number of carbonyl (C=O) groups excluding carboxylic acids is 2. The zero-order valence-corrected chi connectivity index (χ0v) is 15.3. The van der Waals surface area contributed by atoms with Crippen molar-refractivity contribution in [3.63, 3.8) is 0 Å². The van der Waals surface area contributed by atoms with Gasteiger partial charge in [0.15, 0.2) is 0 Å². The van der Waals surface area contributed by atoms with Gasteiger partial charge in [0.2, 0.25) is 5.91 Å². The molecule has 1 heterocycles. The summed E-state index contributed by atoms with van der Waals surface area (Å²) in [6, 6.07) is 9.70. The number of hydrogen-bond acceptors (Lipinski definition) is 3. The Balaban J connectivity index is 1.66. The van der Waals surface area contributed by atoms with Gasteiger partial charge in [0, 0.05) is 45.7 Å². The van der Waals surface area contributed by atoms with E-state index in [0.29, 0.717) is 45.6 Å². The van der Waals surface area contributed by atoms with Gasteiger partial charge in [-0.15, -0.1) is 0 Å². The van der Waals surface area contributed by atoms with Gasteiger partial charge in [0.1, 0.15) is 5.75 Å². The van der Waals surface area contributed by atoms with Gasteiger partial charge >= 0.3 is 6.03 Å². The van der Waals surface area contributed by atoms with E-state index in [1.165, 1.54) is 0 Å². The van der Waals surface area contributed by atoms with Gasteiger partial charge in [-0.05, 0) is 32.4 Å². The van der Waals surface area contributed by atoms with E-state index in [1.54, 1.807) is 0 Å². The lowest BCUT2D eigenvalue weighted by Crippen LogP contribution is -2.54. The summed E-state index contributed by atoms with van der Waals surface area (Å²) in [6.07, 6.45) is 1.18. The van der Waals surface area contributed by atoms with Crippen LogP contribution in [0.5, 0.6) is 5.75 Å². The van der Waals surface area contributed by atoms with Crippen molar-refractivity contribution in [2.45, 2.75) is 26.7 Å². The third kappa shape index (κ3) is 5.66. The highest BCUT2D eigenvalue weighted by Crippen LogP contribution is 2.11. The molecule has 0 spiro atoms. The van der Waals surface area contributed by atoms with Crippen LogP contribution in [0.2, 0.25) is 0 Å². The topological polar surface area (TPSA) is 53.1 Å². The summed E-state index contributed by atoms with van der Waals surface area (Å²) in [5, 5.41) is 0. The maximum atomic E-state index is 12.3. The maximum Gasteiger partial charge on any atom is 0.320 e. The van der Waals surface area contributed by atoms with E-state index in [9.17, 15) is 9.59 Å². The van der Waals surface area contributed by atoms with E-state index in [4.69, 9.17) is 4.74 Å². The quantitative estimate of drug-likeness (QED) is 0.712. The molecule has 3 amide bonds. The van der Waals surface area contributed by atoms with Crippen LogP contribution in [-0.4, -0.2) is 72.5 Å². The van der Waals surface area contributed by atoms with Crippen LogP contribution < -0.4 is 4.74 Å². The van der Waals surface area contributed by atoms with E-state index in [1.807, 2.05) is 58.9 Å². The third-order valence-electron chi connectivity index (χ3n) is 4.48. The molecule has 0 aliphatic carbocycles. The number of urea groups is 1. The van der Waals surface area contributed by atoms with E-state index in [-0.39, 0.29) is 11.9 Å². The van der Waals surface area contributed by atoms with E-state index in [2.05, 4.69) is 0 Å². The summed E-state index contributed by atoms with van der Waals surface area (Å²) < 4.78 is 5.61. The first-order chi connectivity index (χ1) is 12.2. The molecule has 0 unspecified atom stereocenters. The fourth-order valence-electron chi connectivity index (χ4n) is 2.93. The Morgan fingerprint density at radius 3 is 2.20 bits per heavy atom. The molecular weight excluding hydrogens is 318 g/mol. The molecule has 0 aromatic heterocycles. The van der Waals surface area contributed by atoms with Gasteiger partial charge in [-0.2, -0.15) is 0 Å². The molecule has 6 nitrogen and oxygen atoms in total. The highest BCUT2D eigenvalue weighted by Gasteiger charge is 2.25. The van der Waals surface area contributed by atoms with Crippen LogP contribution in [0, 0.1) is 0 Å². The summed E-state index contributed by atoms with van der Waals surface area (Å²) in [5.41, 5.74) is 0. The lowest BCUT2D eigenvalue weighted by Gasteiger charge is -2.37. The molecule has 0 saturated carbocycles. The van der Waals surface area contributed by atoms with Gasteiger partial charge in [0.25, 0.3) is 0 Å². The van der Waals surface area contributed by atoms with Crippen LogP contribution >= 0.6 is 0 Å². The lowest BCUT2D eigenvalue weighted by molar-refractivity contribution is -0.132. The number of para-hydroxylation sites is 1. The zero-order chi connectivity index (χ0) is 18.1. The molecule has 2 rings (SSSR count). The predicted molar refractivity (Wildman–Crippen MR) is 97.6 cm³/mol. The minimum Gasteiger partial charge on any atom is -0.494 e. The Bertz CT molecular complexity index is 538. The summed E-state index contributed by atoms with van der Waals surface area (Å²) in [6.45, 7) is 8.40. The highest BCUT2D eigenvalue weighted by atomic mass is 16.5. The molecule has 1 aromatic carbocycles. The monoisotopic (exact) mass is 347 g/mol. The van der Waals surface area contributed by atoms with Crippen molar-refractivity contribution in [3.05, 3.63) is 30.3 Å². The first kappa shape index (κ1) is 19.1. The second-order valence-corrected chi connectivity index (χ2v) is 6.09. The lowest BCUT2D eigenvalue weighted by atomic mass is 10.2. The molecule has 1 aromatic rings. The number of carbonyl (C=O) groups is 2. The average molecular weight is 347 g/mol. The van der Waals surface area contributed by atoms with Crippen LogP contribution in [-0.2, 0) is 4.79 Å². The first-order valence-electron chi connectivity index (χ1n) is 9.15. The second-order valence-electron chi connectivity index (χ2n) is 6.09. The number of ether oxygens (including phenoxy) is 1. The van der Waals surface area contributed by atoms with Gasteiger partial charge in [0.05, 0.1) is 6.61 Å². The molecule has 1 aliphatic rings. The highest BCUT2D eigenvalue weighted by molar-refractivity contribution is 5.77. The number of benzene rings is 1. The van der Waals surface area contributed by atoms with Gasteiger partial charge < -0.3 is 19.4 Å². The number of hydrogen-bond donors (Lipinski definition) is 0. The number of piperazine rings is 1. The second kappa shape index (κ2) is 9.91. The van der Waals surface area contributed by atoms with Crippen LogP contribution in [0.15, 0.2) is 30.3 Å². The SMILES string of the molecule is CCN(CC)C(=O)N1CCN(C(=O)CCCOc2ccccc2)CC1. The minimum absolute atomic E-state index is 0.0772. The van der Waals surface area contributed by atoms with Crippen LogP contribution in [0.4, 0.5) is 4.79 Å². The van der Waals surface area contributed by atoms with Crippen molar-refractivity contribution >= 4 is 11.9 Å². The Kier molecular flexibility index (Phi) is 7.57. The van der Waals surface area contributed by atoms with Gasteiger partial charge in [-0.25, -0.2) is 4.79 Å². The van der Waals surface area contributed by atoms with Gasteiger partial charge in [-0.3, -0.25) is 4.79 Å². The number of rotatable bonds is 7. The van der Waals surface area contributed by atoms with E-state index >= 15 is 0 Å². The van der Waals surface area contributed by atoms with Crippen LogP contribution in [0.3, 0.4) is 0 Å². The summed E-state index contributed by atoms with van der Waals surface area (Å²) in [4.78, 5) is 30.1. The molecule has 1 saturated heterocycles. The average Bonchev–Trinajstić information content (AvgIpc) is 2.67. The van der Waals surface area contributed by atoms with Crippen LogP contribution in [0.25, 0.3) is 0 Å². The smallest absolute Gasteiger partial charge is 0.320 e. The van der Waals surface area contributed by atoms with E-state index < -0.39 is 0 Å². The van der Waals surface area contributed by atoms with Gasteiger partial charge in [-0.1, -0.05) is 18.2 Å². The van der Waals surface area contributed by atoms with Crippen molar-refractivity contribution < 1.29 is 14.3 Å². The van der Waals surface area contributed by atoms with Crippen molar-refractivity contribution in [2.75, 3.05) is 45.9 Å². The maximum absolute atomic E-state index is 12.3. The Hall–Kier alpha value is -2.24. The summed E-state index contributed by atoms with van der Waals surface area (Å²) in [5.74, 6) is 0.977. The molecule has 1 aliphatic heterocycles.